The second-order valence-corrected chi connectivity index (χ2v) is 10.7. The molecule has 2 aliphatic carbocycles. The van der Waals surface area contributed by atoms with Crippen molar-refractivity contribution in [2.45, 2.75) is 44.2 Å². The number of fused-ring (bicyclic) bond motifs is 1. The van der Waals surface area contributed by atoms with Gasteiger partial charge in [-0.1, -0.05) is 22.0 Å². The first kappa shape index (κ1) is 31.9. The summed E-state index contributed by atoms with van der Waals surface area (Å²) in [6.45, 7) is 5.09. The second kappa shape index (κ2) is 13.9. The smallest absolute Gasteiger partial charge is 0.332 e. The summed E-state index contributed by atoms with van der Waals surface area (Å²) in [5.74, 6) is -0.246. The van der Waals surface area contributed by atoms with Crippen LogP contribution in [0.25, 0.3) is 10.9 Å². The highest BCUT2D eigenvalue weighted by atomic mass is 79.9. The number of thiocarbonyl (C=S) groups is 1. The molecular weight excluding hydrogens is 616 g/mol. The van der Waals surface area contributed by atoms with Crippen molar-refractivity contribution in [1.82, 2.24) is 15.6 Å². The Hall–Kier alpha value is -3.58. The Labute approximate surface area is 251 Å². The van der Waals surface area contributed by atoms with Crippen LogP contribution >= 0.6 is 28.1 Å². The van der Waals surface area contributed by atoms with E-state index >= 15 is 0 Å². The minimum Gasteiger partial charge on any atom is -0.497 e. The monoisotopic (exact) mass is 648 g/mol. The number of ketones is 1. The number of amides is 2. The molecular formula is C28H33BrN4O7S. The van der Waals surface area contributed by atoms with Gasteiger partial charge in [-0.15, -0.1) is 6.58 Å². The van der Waals surface area contributed by atoms with Crippen molar-refractivity contribution < 1.29 is 33.4 Å². The van der Waals surface area contributed by atoms with Gasteiger partial charge in [-0.25, -0.2) is 9.78 Å². The molecule has 1 heterocycles. The molecule has 2 fully saturated rings. The number of Topliss-reactive ketones (excluding diaryl/α,β-unsaturated/α-hetero) is 1. The van der Waals surface area contributed by atoms with Crippen LogP contribution in [0, 0.1) is 11.8 Å². The number of hydrogen-bond acceptors (Lipinski definition) is 9. The Bertz CT molecular complexity index is 1360. The molecule has 2 saturated carbocycles. The summed E-state index contributed by atoms with van der Waals surface area (Å²) >= 11 is 7.51. The highest BCUT2D eigenvalue weighted by molar-refractivity contribution is 9.09. The Kier molecular flexibility index (Phi) is 10.8. The van der Waals surface area contributed by atoms with Gasteiger partial charge in [-0.3, -0.25) is 14.4 Å². The summed E-state index contributed by atoms with van der Waals surface area (Å²) in [6.07, 6.45) is 3.78. The van der Waals surface area contributed by atoms with Crippen molar-refractivity contribution in [3.63, 3.8) is 0 Å². The lowest BCUT2D eigenvalue weighted by Crippen LogP contribution is -2.47. The van der Waals surface area contributed by atoms with Gasteiger partial charge < -0.3 is 30.6 Å². The van der Waals surface area contributed by atoms with E-state index in [1.165, 1.54) is 14.0 Å². The van der Waals surface area contributed by atoms with Crippen molar-refractivity contribution in [3.05, 3.63) is 42.6 Å². The van der Waals surface area contributed by atoms with Crippen LogP contribution in [0.3, 0.4) is 0 Å². The number of rotatable bonds is 9. The summed E-state index contributed by atoms with van der Waals surface area (Å²) in [5.41, 5.74) is 4.78. The number of esters is 1. The lowest BCUT2D eigenvalue weighted by molar-refractivity contribution is -0.147. The van der Waals surface area contributed by atoms with E-state index in [-0.39, 0.29) is 46.0 Å². The van der Waals surface area contributed by atoms with Gasteiger partial charge in [0.1, 0.15) is 22.7 Å². The lowest BCUT2D eigenvalue weighted by atomic mass is 10.1. The van der Waals surface area contributed by atoms with E-state index < -0.39 is 11.5 Å². The summed E-state index contributed by atoms with van der Waals surface area (Å²) < 4.78 is 16.5. The largest absolute Gasteiger partial charge is 0.497 e. The standard InChI is InChI=1S/C25H27BrN2O6.C3H6N2OS/c1-4-15-12-25(15,24(31)33-3)28-23(30)14-5-6-17(9-14)34-22-11-20(21(29)13-26)27-19-10-16(32-2)7-8-18(19)22;1-2(6)5-3(4)7/h4,7-8,10-11,14-15,17H,1,5-6,9,12-13H2,2-3H3,(H,28,30);1H3,(H3,4,5,6,7)/t14-,15-,17?,25+;/m0./s1. The number of hydrogen-bond donors (Lipinski definition) is 3. The van der Waals surface area contributed by atoms with Crippen LogP contribution in [-0.2, 0) is 19.1 Å². The molecule has 2 aromatic rings. The Morgan fingerprint density at radius 3 is 2.51 bits per heavy atom. The fourth-order valence-corrected chi connectivity index (χ4v) is 5.19. The number of alkyl halides is 1. The van der Waals surface area contributed by atoms with Gasteiger partial charge in [0.2, 0.25) is 11.8 Å². The minimum absolute atomic E-state index is 0.0208. The van der Waals surface area contributed by atoms with Gasteiger partial charge in [0.25, 0.3) is 0 Å². The predicted molar refractivity (Wildman–Crippen MR) is 160 cm³/mol. The maximum Gasteiger partial charge on any atom is 0.332 e. The van der Waals surface area contributed by atoms with Gasteiger partial charge in [-0.2, -0.15) is 0 Å². The number of carbonyl (C=O) groups is 4. The third kappa shape index (κ3) is 7.79. The molecule has 0 bridgehead atoms. The molecule has 220 valence electrons. The zero-order valence-corrected chi connectivity index (χ0v) is 25.4. The van der Waals surface area contributed by atoms with E-state index in [2.05, 4.69) is 50.3 Å². The molecule has 2 amide bonds. The maximum absolute atomic E-state index is 13.0. The number of nitrogens with two attached hydrogens (primary N) is 1. The average molecular weight is 650 g/mol. The number of halogens is 1. The lowest BCUT2D eigenvalue weighted by Gasteiger charge is -2.20. The van der Waals surface area contributed by atoms with E-state index in [9.17, 15) is 19.2 Å². The van der Waals surface area contributed by atoms with E-state index in [1.54, 1.807) is 25.3 Å². The van der Waals surface area contributed by atoms with Gasteiger partial charge in [0.05, 0.1) is 31.2 Å². The van der Waals surface area contributed by atoms with Crippen molar-refractivity contribution in [2.24, 2.45) is 17.6 Å². The summed E-state index contributed by atoms with van der Waals surface area (Å²) in [4.78, 5) is 52.0. The zero-order chi connectivity index (χ0) is 30.3. The number of aromatic nitrogens is 1. The molecule has 41 heavy (non-hydrogen) atoms. The normalized spacial score (nSPS) is 22.4. The molecule has 11 nitrogen and oxygen atoms in total. The Balaban J connectivity index is 0.000000587. The highest BCUT2D eigenvalue weighted by Crippen LogP contribution is 2.46. The minimum atomic E-state index is -1.00. The summed E-state index contributed by atoms with van der Waals surface area (Å²) in [7, 11) is 2.89. The Morgan fingerprint density at radius 2 is 1.98 bits per heavy atom. The molecule has 1 unspecified atom stereocenters. The van der Waals surface area contributed by atoms with Gasteiger partial charge >= 0.3 is 5.97 Å². The third-order valence-corrected chi connectivity index (χ3v) is 7.54. The zero-order valence-electron chi connectivity index (χ0n) is 23.0. The highest BCUT2D eigenvalue weighted by Gasteiger charge is 2.61. The molecule has 0 spiro atoms. The van der Waals surface area contributed by atoms with Crippen LogP contribution in [0.15, 0.2) is 36.9 Å². The predicted octanol–water partition coefficient (Wildman–Crippen LogP) is 2.97. The second-order valence-electron chi connectivity index (χ2n) is 9.74. The number of nitrogens with zero attached hydrogens (tertiary/aromatic N) is 1. The number of methoxy groups -OCH3 is 2. The fourth-order valence-electron chi connectivity index (χ4n) is 4.76. The first-order valence-electron chi connectivity index (χ1n) is 12.8. The quantitative estimate of drug-likeness (QED) is 0.121. The summed E-state index contributed by atoms with van der Waals surface area (Å²) in [6, 6.07) is 7.07. The number of pyridine rings is 1. The van der Waals surface area contributed by atoms with Gasteiger partial charge in [0.15, 0.2) is 10.9 Å². The van der Waals surface area contributed by atoms with Gasteiger partial charge in [-0.05, 0) is 50.0 Å². The molecule has 1 aromatic carbocycles. The molecule has 0 aliphatic heterocycles. The van der Waals surface area contributed by atoms with Crippen LogP contribution < -0.4 is 25.8 Å². The number of carbonyl (C=O) groups excluding carboxylic acids is 4. The molecule has 0 radical (unpaired) electrons. The van der Waals surface area contributed by atoms with Crippen molar-refractivity contribution in [1.29, 1.82) is 0 Å². The fraction of sp³-hybridized carbons (Fsp3) is 0.429. The van der Waals surface area contributed by atoms with Crippen molar-refractivity contribution >= 4 is 67.7 Å². The topological polar surface area (TPSA) is 159 Å². The van der Waals surface area contributed by atoms with Crippen molar-refractivity contribution in [2.75, 3.05) is 19.5 Å². The Morgan fingerprint density at radius 1 is 1.24 bits per heavy atom. The maximum atomic E-state index is 13.0. The molecule has 2 aliphatic rings. The van der Waals surface area contributed by atoms with Crippen LogP contribution in [0.2, 0.25) is 0 Å². The van der Waals surface area contributed by atoms with Crippen molar-refractivity contribution in [3.8, 4) is 11.5 Å². The van der Waals surface area contributed by atoms with E-state index in [0.29, 0.717) is 48.4 Å². The number of benzene rings is 1. The number of ether oxygens (including phenoxy) is 3. The first-order valence-corrected chi connectivity index (χ1v) is 14.4. The molecule has 4 atom stereocenters. The van der Waals surface area contributed by atoms with Crippen LogP contribution in [-0.4, -0.2) is 64.9 Å². The molecule has 0 saturated heterocycles. The molecule has 13 heteroatoms. The number of nitrogens with one attached hydrogen (secondary N) is 2. The van der Waals surface area contributed by atoms with E-state index in [4.69, 9.17) is 19.9 Å². The third-order valence-electron chi connectivity index (χ3n) is 6.93. The van der Waals surface area contributed by atoms with E-state index in [1.807, 2.05) is 12.1 Å². The van der Waals surface area contributed by atoms with E-state index in [0.717, 1.165) is 5.39 Å². The van der Waals surface area contributed by atoms with Crippen LogP contribution in [0.4, 0.5) is 0 Å². The molecule has 4 N–H and O–H groups in total. The van der Waals surface area contributed by atoms with Crippen LogP contribution in [0.5, 0.6) is 11.5 Å². The molecule has 1 aromatic heterocycles. The SMILES string of the molecule is C=C[C@H]1C[C@]1(NC(=O)[C@H]1CCC(Oc2cc(C(=O)CBr)nc3cc(OC)ccc23)C1)C(=O)OC.CC(=O)NC(N)=S. The first-order chi connectivity index (χ1) is 19.5. The van der Waals surface area contributed by atoms with Crippen LogP contribution in [0.1, 0.15) is 43.1 Å². The molecule has 4 rings (SSSR count). The average Bonchev–Trinajstić information content (AvgIpc) is 3.46. The summed E-state index contributed by atoms with van der Waals surface area (Å²) in [5, 5.41) is 6.01. The van der Waals surface area contributed by atoms with Gasteiger partial charge in [0, 0.05) is 36.3 Å².